The van der Waals surface area contributed by atoms with E-state index in [1.165, 1.54) is 4.52 Å². The highest BCUT2D eigenvalue weighted by atomic mass is 16.1. The summed E-state index contributed by atoms with van der Waals surface area (Å²) in [7, 11) is 1.88. The monoisotopic (exact) mass is 394 g/mol. The number of nitrogens with one attached hydrogen (secondary N) is 2. The van der Waals surface area contributed by atoms with Crippen LogP contribution in [0.5, 0.6) is 0 Å². The lowest BCUT2D eigenvalue weighted by Gasteiger charge is -2.22. The fourth-order valence-corrected chi connectivity index (χ4v) is 3.61. The lowest BCUT2D eigenvalue weighted by Crippen LogP contribution is -2.23. The van der Waals surface area contributed by atoms with Crippen molar-refractivity contribution in [2.75, 3.05) is 30.4 Å². The second-order valence-electron chi connectivity index (χ2n) is 7.42. The number of hydrogen-bond donors (Lipinski definition) is 2. The number of anilines is 2. The van der Waals surface area contributed by atoms with Gasteiger partial charge in [0.15, 0.2) is 5.65 Å². The molecule has 0 aliphatic rings. The molecule has 0 unspecified atom stereocenters. The van der Waals surface area contributed by atoms with Crippen LogP contribution in [0.1, 0.15) is 44.9 Å². The van der Waals surface area contributed by atoms with E-state index in [0.717, 1.165) is 35.8 Å². The summed E-state index contributed by atoms with van der Waals surface area (Å²) in [5.74, 6) is 0.143. The molecule has 0 bridgehead atoms. The summed E-state index contributed by atoms with van der Waals surface area (Å²) in [6.07, 6.45) is 0. The van der Waals surface area contributed by atoms with Gasteiger partial charge in [-0.2, -0.15) is 4.52 Å². The van der Waals surface area contributed by atoms with Gasteiger partial charge < -0.3 is 10.2 Å². The molecule has 0 aliphatic heterocycles. The van der Waals surface area contributed by atoms with Crippen molar-refractivity contribution in [3.63, 3.8) is 0 Å². The quantitative estimate of drug-likeness (QED) is 0.674. The second-order valence-corrected chi connectivity index (χ2v) is 7.42. The molecular weight excluding hydrogens is 364 g/mol. The predicted octanol–water partition coefficient (Wildman–Crippen LogP) is 2.70. The van der Waals surface area contributed by atoms with Crippen molar-refractivity contribution in [2.45, 2.75) is 40.5 Å². The summed E-state index contributed by atoms with van der Waals surface area (Å²) in [5.41, 5.74) is 4.64. The first-order chi connectivity index (χ1) is 13.8. The number of hydrogen-bond acceptors (Lipinski definition) is 5. The molecule has 3 aromatic rings. The molecule has 0 fully saturated rings. The van der Waals surface area contributed by atoms with Crippen molar-refractivity contribution in [1.82, 2.24) is 14.6 Å². The maximum Gasteiger partial charge on any atom is 0.275 e. The van der Waals surface area contributed by atoms with Gasteiger partial charge in [0.05, 0.1) is 22.4 Å². The minimum Gasteiger partial charge on any atom is -0.386 e. The number of rotatable bonds is 6. The number of benzene rings is 1. The third kappa shape index (κ3) is 3.64. The SMILES string of the molecule is C=c1[nH]n2c(=O)c(C)c(C(C)C)nc2c1=Nc1ccc(N(CC)CC)cc1NC. The topological polar surface area (TPSA) is 77.8 Å². The summed E-state index contributed by atoms with van der Waals surface area (Å²) in [6, 6.07) is 6.14. The Hall–Kier alpha value is -3.09. The van der Waals surface area contributed by atoms with E-state index >= 15 is 0 Å². The predicted molar refractivity (Wildman–Crippen MR) is 120 cm³/mol. The Bertz CT molecular complexity index is 1200. The van der Waals surface area contributed by atoms with Gasteiger partial charge in [-0.05, 0) is 44.9 Å². The summed E-state index contributed by atoms with van der Waals surface area (Å²) in [6.45, 7) is 16.1. The minimum absolute atomic E-state index is 0.115. The van der Waals surface area contributed by atoms with E-state index in [4.69, 9.17) is 9.98 Å². The third-order valence-electron chi connectivity index (χ3n) is 5.25. The normalized spacial score (nSPS) is 12.2. The number of fused-ring (bicyclic) bond motifs is 1. The molecule has 154 valence electrons. The summed E-state index contributed by atoms with van der Waals surface area (Å²) in [5, 5.41) is 7.38. The Labute approximate surface area is 170 Å². The Morgan fingerprint density at radius 1 is 1.31 bits per heavy atom. The summed E-state index contributed by atoms with van der Waals surface area (Å²) < 4.78 is 1.44. The van der Waals surface area contributed by atoms with Crippen molar-refractivity contribution in [3.8, 4) is 0 Å². The number of aromatic amines is 1. The van der Waals surface area contributed by atoms with Gasteiger partial charge in [0.25, 0.3) is 5.56 Å². The molecule has 1 aromatic carbocycles. The van der Waals surface area contributed by atoms with Crippen LogP contribution in [0.4, 0.5) is 17.1 Å². The largest absolute Gasteiger partial charge is 0.386 e. The molecule has 2 heterocycles. The van der Waals surface area contributed by atoms with Crippen LogP contribution in [-0.4, -0.2) is 34.7 Å². The zero-order valence-electron chi connectivity index (χ0n) is 18.1. The molecule has 3 rings (SSSR count). The van der Waals surface area contributed by atoms with Crippen LogP contribution in [0.15, 0.2) is 28.0 Å². The molecule has 2 N–H and O–H groups in total. The van der Waals surface area contributed by atoms with E-state index in [2.05, 4.69) is 47.9 Å². The van der Waals surface area contributed by atoms with Crippen LogP contribution in [0, 0.1) is 6.92 Å². The van der Waals surface area contributed by atoms with Gasteiger partial charge in [0.2, 0.25) is 0 Å². The average Bonchev–Trinajstić information content (AvgIpc) is 3.02. The molecule has 0 spiro atoms. The van der Waals surface area contributed by atoms with E-state index < -0.39 is 0 Å². The lowest BCUT2D eigenvalue weighted by molar-refractivity contribution is 0.778. The van der Waals surface area contributed by atoms with Gasteiger partial charge in [0.1, 0.15) is 5.36 Å². The van der Waals surface area contributed by atoms with Gasteiger partial charge in [-0.1, -0.05) is 20.4 Å². The van der Waals surface area contributed by atoms with Gasteiger partial charge in [-0.15, -0.1) is 0 Å². The zero-order chi connectivity index (χ0) is 21.3. The van der Waals surface area contributed by atoms with Crippen LogP contribution >= 0.6 is 0 Å². The maximum absolute atomic E-state index is 12.8. The molecule has 0 amide bonds. The first kappa shape index (κ1) is 20.6. The van der Waals surface area contributed by atoms with Gasteiger partial charge in [-0.3, -0.25) is 9.89 Å². The first-order valence-corrected chi connectivity index (χ1v) is 10.1. The summed E-state index contributed by atoms with van der Waals surface area (Å²) >= 11 is 0. The molecule has 7 nitrogen and oxygen atoms in total. The molecule has 0 saturated heterocycles. The highest BCUT2D eigenvalue weighted by Crippen LogP contribution is 2.29. The highest BCUT2D eigenvalue weighted by molar-refractivity contribution is 5.72. The lowest BCUT2D eigenvalue weighted by atomic mass is 10.1. The highest BCUT2D eigenvalue weighted by Gasteiger charge is 2.15. The smallest absolute Gasteiger partial charge is 0.275 e. The van der Waals surface area contributed by atoms with Crippen LogP contribution in [0.25, 0.3) is 12.2 Å². The maximum atomic E-state index is 12.8. The van der Waals surface area contributed by atoms with Crippen molar-refractivity contribution < 1.29 is 0 Å². The van der Waals surface area contributed by atoms with Crippen LogP contribution in [-0.2, 0) is 0 Å². The van der Waals surface area contributed by atoms with Gasteiger partial charge in [-0.25, -0.2) is 9.98 Å². The average molecular weight is 395 g/mol. The van der Waals surface area contributed by atoms with Crippen LogP contribution in [0.3, 0.4) is 0 Å². The van der Waals surface area contributed by atoms with E-state index in [1.807, 2.05) is 33.9 Å². The molecule has 0 atom stereocenters. The Kier molecular flexibility index (Phi) is 5.77. The molecular formula is C22H30N6O. The van der Waals surface area contributed by atoms with Gasteiger partial charge >= 0.3 is 0 Å². The van der Waals surface area contributed by atoms with E-state index in [-0.39, 0.29) is 11.5 Å². The van der Waals surface area contributed by atoms with E-state index in [9.17, 15) is 4.79 Å². The second kappa shape index (κ2) is 8.11. The molecule has 7 heteroatoms. The van der Waals surface area contributed by atoms with Crippen molar-refractivity contribution >= 4 is 29.3 Å². The minimum atomic E-state index is -0.115. The van der Waals surface area contributed by atoms with Crippen molar-refractivity contribution in [2.24, 2.45) is 4.99 Å². The Balaban J connectivity index is 2.27. The summed E-state index contributed by atoms with van der Waals surface area (Å²) in [4.78, 5) is 24.6. The molecule has 0 aliphatic carbocycles. The molecule has 0 saturated carbocycles. The standard InChI is InChI=1S/C22H30N6O/c1-8-27(9-2)16-10-11-17(18(12-16)23-7)24-20-15(6)26-28-21(20)25-19(13(3)4)14(5)22(28)29/h10-13,23,26H,6,8-9H2,1-5,7H3. The van der Waals surface area contributed by atoms with Crippen LogP contribution in [0.2, 0.25) is 0 Å². The number of H-pyrrole nitrogens is 1. The van der Waals surface area contributed by atoms with E-state index in [0.29, 0.717) is 21.9 Å². The Morgan fingerprint density at radius 3 is 2.59 bits per heavy atom. The van der Waals surface area contributed by atoms with E-state index in [1.54, 1.807) is 0 Å². The fraction of sp³-hybridized carbons (Fsp3) is 0.409. The first-order valence-electron chi connectivity index (χ1n) is 10.1. The molecule has 29 heavy (non-hydrogen) atoms. The van der Waals surface area contributed by atoms with Gasteiger partial charge in [0, 0.05) is 31.4 Å². The fourth-order valence-electron chi connectivity index (χ4n) is 3.61. The zero-order valence-corrected chi connectivity index (χ0v) is 18.1. The third-order valence-corrected chi connectivity index (χ3v) is 5.25. The van der Waals surface area contributed by atoms with Crippen molar-refractivity contribution in [3.05, 3.63) is 50.5 Å². The number of nitrogens with zero attached hydrogens (tertiary/aromatic N) is 4. The van der Waals surface area contributed by atoms with Crippen LogP contribution < -0.4 is 26.5 Å². The Morgan fingerprint density at radius 2 is 2.00 bits per heavy atom. The number of aromatic nitrogens is 3. The molecule has 2 aromatic heterocycles. The molecule has 0 radical (unpaired) electrons. The van der Waals surface area contributed by atoms with Crippen molar-refractivity contribution in [1.29, 1.82) is 0 Å².